The molecule has 0 amide bonds. The smallest absolute Gasteiger partial charge is 0.355 e. The van der Waals surface area contributed by atoms with Gasteiger partial charge in [0.05, 0.1) is 17.4 Å². The first kappa shape index (κ1) is 13.2. The largest absolute Gasteiger partial charge is 0.478 e. The summed E-state index contributed by atoms with van der Waals surface area (Å²) in [6.45, 7) is 1.75. The Labute approximate surface area is 120 Å². The number of hydrogen-bond acceptors (Lipinski definition) is 6. The molecule has 106 valence electrons. The summed E-state index contributed by atoms with van der Waals surface area (Å²) in [7, 11) is 0. The highest BCUT2D eigenvalue weighted by molar-refractivity contribution is 5.83. The van der Waals surface area contributed by atoms with Crippen molar-refractivity contribution >= 4 is 5.97 Å². The number of hydrogen-bond donors (Lipinski definition) is 1. The van der Waals surface area contributed by atoms with Gasteiger partial charge in [-0.1, -0.05) is 0 Å². The minimum atomic E-state index is -1.69. The second-order valence-corrected chi connectivity index (χ2v) is 4.80. The first-order valence-electron chi connectivity index (χ1n) is 6.23. The SMILES string of the molecule is CC1(c2ccncn2)C=COC1(C(=O)O)c1ccncn1. The average molecular weight is 284 g/mol. The van der Waals surface area contributed by atoms with Crippen molar-refractivity contribution in [1.82, 2.24) is 19.9 Å². The van der Waals surface area contributed by atoms with Gasteiger partial charge in [-0.15, -0.1) is 0 Å². The molecule has 2 unspecified atom stereocenters. The number of rotatable bonds is 3. The Kier molecular flexibility index (Phi) is 2.90. The summed E-state index contributed by atoms with van der Waals surface area (Å²) in [6.07, 6.45) is 8.76. The summed E-state index contributed by atoms with van der Waals surface area (Å²) in [5.41, 5.74) is -1.91. The first-order chi connectivity index (χ1) is 10.1. The van der Waals surface area contributed by atoms with Gasteiger partial charge in [-0.05, 0) is 25.1 Å². The molecule has 0 bridgehead atoms. The topological polar surface area (TPSA) is 98.1 Å². The lowest BCUT2D eigenvalue weighted by Gasteiger charge is -2.37. The van der Waals surface area contributed by atoms with Gasteiger partial charge in [0.25, 0.3) is 5.60 Å². The Bertz CT molecular complexity index is 692. The van der Waals surface area contributed by atoms with E-state index in [0.717, 1.165) is 0 Å². The maximum absolute atomic E-state index is 12.0. The van der Waals surface area contributed by atoms with Crippen LogP contribution in [0.4, 0.5) is 0 Å². The summed E-state index contributed by atoms with van der Waals surface area (Å²) in [4.78, 5) is 28.0. The molecule has 3 heterocycles. The maximum atomic E-state index is 12.0. The maximum Gasteiger partial charge on any atom is 0.355 e. The van der Waals surface area contributed by atoms with Gasteiger partial charge in [0.2, 0.25) is 0 Å². The van der Waals surface area contributed by atoms with Crippen LogP contribution < -0.4 is 0 Å². The Hall–Kier alpha value is -2.83. The fourth-order valence-electron chi connectivity index (χ4n) is 2.58. The molecule has 0 spiro atoms. The summed E-state index contributed by atoms with van der Waals surface area (Å²) in [5, 5.41) is 9.85. The number of carboxylic acid groups (broad SMARTS) is 1. The molecule has 0 radical (unpaired) electrons. The van der Waals surface area contributed by atoms with Gasteiger partial charge in [-0.25, -0.2) is 24.7 Å². The molecule has 2 atom stereocenters. The molecular formula is C14H12N4O3. The molecule has 2 aromatic heterocycles. The van der Waals surface area contributed by atoms with Crippen molar-refractivity contribution in [3.63, 3.8) is 0 Å². The number of carbonyl (C=O) groups is 1. The van der Waals surface area contributed by atoms with E-state index in [9.17, 15) is 9.90 Å². The third kappa shape index (κ3) is 1.70. The zero-order valence-electron chi connectivity index (χ0n) is 11.2. The molecule has 0 aromatic carbocycles. The lowest BCUT2D eigenvalue weighted by molar-refractivity contribution is -0.164. The van der Waals surface area contributed by atoms with E-state index in [2.05, 4.69) is 19.9 Å². The van der Waals surface area contributed by atoms with E-state index in [1.807, 2.05) is 0 Å². The van der Waals surface area contributed by atoms with Crippen molar-refractivity contribution in [2.24, 2.45) is 0 Å². The van der Waals surface area contributed by atoms with Crippen molar-refractivity contribution in [3.05, 3.63) is 60.9 Å². The van der Waals surface area contributed by atoms with Crippen molar-refractivity contribution in [2.75, 3.05) is 0 Å². The molecule has 1 aliphatic heterocycles. The van der Waals surface area contributed by atoms with Gasteiger partial charge in [-0.3, -0.25) is 0 Å². The molecule has 7 heteroatoms. The van der Waals surface area contributed by atoms with Crippen LogP contribution in [0.25, 0.3) is 0 Å². The number of aromatic nitrogens is 4. The number of aliphatic carboxylic acids is 1. The van der Waals surface area contributed by atoms with Crippen LogP contribution in [0, 0.1) is 0 Å². The van der Waals surface area contributed by atoms with Crippen LogP contribution in [0.1, 0.15) is 18.3 Å². The van der Waals surface area contributed by atoms with Gasteiger partial charge in [0, 0.05) is 12.4 Å². The van der Waals surface area contributed by atoms with E-state index in [0.29, 0.717) is 5.69 Å². The molecular weight excluding hydrogens is 272 g/mol. The standard InChI is InChI=1S/C14H12N4O3/c1-13(10-2-5-15-8-17-10)4-7-21-14(13,12(19)20)11-3-6-16-9-18-11/h2-9H,1H3,(H,19,20). The second-order valence-electron chi connectivity index (χ2n) is 4.80. The molecule has 7 nitrogen and oxygen atoms in total. The van der Waals surface area contributed by atoms with Crippen molar-refractivity contribution < 1.29 is 14.6 Å². The van der Waals surface area contributed by atoms with E-state index in [1.54, 1.807) is 25.3 Å². The van der Waals surface area contributed by atoms with Gasteiger partial charge in [-0.2, -0.15) is 0 Å². The third-order valence-electron chi connectivity index (χ3n) is 3.74. The molecule has 0 saturated carbocycles. The van der Waals surface area contributed by atoms with Crippen LogP contribution in [0.3, 0.4) is 0 Å². The molecule has 1 N–H and O–H groups in total. The van der Waals surface area contributed by atoms with Crippen molar-refractivity contribution in [3.8, 4) is 0 Å². The van der Waals surface area contributed by atoms with Crippen LogP contribution in [-0.4, -0.2) is 31.0 Å². The number of nitrogens with zero attached hydrogens (tertiary/aromatic N) is 4. The Morgan fingerprint density at radius 1 is 1.14 bits per heavy atom. The number of ether oxygens (including phenoxy) is 1. The van der Waals surface area contributed by atoms with Gasteiger partial charge in [0.1, 0.15) is 18.3 Å². The average Bonchev–Trinajstić information content (AvgIpc) is 2.89. The molecule has 0 fully saturated rings. The highest BCUT2D eigenvalue weighted by Gasteiger charge is 2.61. The summed E-state index contributed by atoms with van der Waals surface area (Å²) in [6, 6.07) is 3.19. The monoisotopic (exact) mass is 284 g/mol. The minimum absolute atomic E-state index is 0.260. The van der Waals surface area contributed by atoms with Gasteiger partial charge in [0.15, 0.2) is 0 Å². The van der Waals surface area contributed by atoms with Crippen LogP contribution in [0.2, 0.25) is 0 Å². The molecule has 2 aromatic rings. The van der Waals surface area contributed by atoms with Crippen LogP contribution in [-0.2, 0) is 20.5 Å². The Morgan fingerprint density at radius 3 is 2.29 bits per heavy atom. The highest BCUT2D eigenvalue weighted by Crippen LogP contribution is 2.49. The predicted molar refractivity (Wildman–Crippen MR) is 71.0 cm³/mol. The fourth-order valence-corrected chi connectivity index (χ4v) is 2.58. The van der Waals surface area contributed by atoms with E-state index >= 15 is 0 Å². The van der Waals surface area contributed by atoms with Crippen LogP contribution in [0.15, 0.2) is 49.5 Å². The normalized spacial score (nSPS) is 27.3. The lowest BCUT2D eigenvalue weighted by Crippen LogP contribution is -2.51. The molecule has 0 saturated heterocycles. The molecule has 3 rings (SSSR count). The molecule has 1 aliphatic rings. The van der Waals surface area contributed by atoms with E-state index in [1.165, 1.54) is 31.2 Å². The van der Waals surface area contributed by atoms with E-state index < -0.39 is 17.0 Å². The van der Waals surface area contributed by atoms with E-state index in [4.69, 9.17) is 4.74 Å². The van der Waals surface area contributed by atoms with E-state index in [-0.39, 0.29) is 5.69 Å². The van der Waals surface area contributed by atoms with Crippen LogP contribution >= 0.6 is 0 Å². The molecule has 0 aliphatic carbocycles. The first-order valence-corrected chi connectivity index (χ1v) is 6.23. The second kappa shape index (κ2) is 4.62. The summed E-state index contributed by atoms with van der Waals surface area (Å²) < 4.78 is 5.53. The minimum Gasteiger partial charge on any atom is -0.478 e. The van der Waals surface area contributed by atoms with Crippen molar-refractivity contribution in [2.45, 2.75) is 17.9 Å². The van der Waals surface area contributed by atoms with Crippen molar-refractivity contribution in [1.29, 1.82) is 0 Å². The fraction of sp³-hybridized carbons (Fsp3) is 0.214. The lowest BCUT2D eigenvalue weighted by atomic mass is 9.70. The Balaban J connectivity index is 2.24. The van der Waals surface area contributed by atoms with Gasteiger partial charge < -0.3 is 9.84 Å². The number of carboxylic acids is 1. The Morgan fingerprint density at radius 2 is 1.76 bits per heavy atom. The third-order valence-corrected chi connectivity index (χ3v) is 3.74. The predicted octanol–water partition coefficient (Wildman–Crippen LogP) is 1.05. The van der Waals surface area contributed by atoms with Crippen LogP contribution in [0.5, 0.6) is 0 Å². The zero-order valence-corrected chi connectivity index (χ0v) is 11.2. The zero-order chi connectivity index (χ0) is 14.9. The summed E-state index contributed by atoms with van der Waals surface area (Å²) in [5.74, 6) is -1.15. The highest BCUT2D eigenvalue weighted by atomic mass is 16.5. The summed E-state index contributed by atoms with van der Waals surface area (Å²) >= 11 is 0. The van der Waals surface area contributed by atoms with Gasteiger partial charge >= 0.3 is 5.97 Å². The molecule has 21 heavy (non-hydrogen) atoms. The quantitative estimate of drug-likeness (QED) is 0.899.